The first-order valence-corrected chi connectivity index (χ1v) is 8.91. The van der Waals surface area contributed by atoms with Gasteiger partial charge in [0, 0.05) is 13.5 Å². The van der Waals surface area contributed by atoms with Gasteiger partial charge in [-0.1, -0.05) is 40.9 Å². The van der Waals surface area contributed by atoms with Crippen LogP contribution in [0, 0.1) is 0 Å². The van der Waals surface area contributed by atoms with E-state index in [0.717, 1.165) is 19.3 Å². The van der Waals surface area contributed by atoms with Crippen LogP contribution >= 0.6 is 23.2 Å². The lowest BCUT2D eigenvalue weighted by Gasteiger charge is -2.22. The molecule has 1 aliphatic carbocycles. The van der Waals surface area contributed by atoms with Crippen LogP contribution in [-0.4, -0.2) is 24.9 Å². The Labute approximate surface area is 152 Å². The molecule has 1 aromatic carbocycles. The molecule has 0 saturated heterocycles. The van der Waals surface area contributed by atoms with Crippen molar-refractivity contribution in [2.24, 2.45) is 0 Å². The van der Waals surface area contributed by atoms with Gasteiger partial charge >= 0.3 is 0 Å². The van der Waals surface area contributed by atoms with Crippen LogP contribution in [0.15, 0.2) is 29.8 Å². The van der Waals surface area contributed by atoms with Crippen molar-refractivity contribution in [2.45, 2.75) is 39.0 Å². The molecule has 1 aliphatic rings. The summed E-state index contributed by atoms with van der Waals surface area (Å²) in [4.78, 5) is 25.4. The fourth-order valence-electron chi connectivity index (χ4n) is 2.76. The molecule has 6 heteroatoms. The van der Waals surface area contributed by atoms with Crippen LogP contribution in [-0.2, 0) is 9.59 Å². The van der Waals surface area contributed by atoms with E-state index in [4.69, 9.17) is 23.2 Å². The SMILES string of the molecule is CC(=O)N(CC(=O)NCCC1=CCCCC1)c1cccc(Cl)c1Cl. The molecule has 0 atom stereocenters. The predicted molar refractivity (Wildman–Crippen MR) is 98.7 cm³/mol. The Kier molecular flexibility index (Phi) is 7.13. The molecule has 0 saturated carbocycles. The average Bonchev–Trinajstić information content (AvgIpc) is 2.56. The van der Waals surface area contributed by atoms with E-state index in [1.54, 1.807) is 18.2 Å². The van der Waals surface area contributed by atoms with Crippen molar-refractivity contribution in [3.63, 3.8) is 0 Å². The van der Waals surface area contributed by atoms with Crippen molar-refractivity contribution in [3.05, 3.63) is 39.9 Å². The number of benzene rings is 1. The fraction of sp³-hybridized carbons (Fsp3) is 0.444. The zero-order valence-electron chi connectivity index (χ0n) is 13.8. The third-order valence-corrected chi connectivity index (χ3v) is 4.87. The average molecular weight is 369 g/mol. The minimum absolute atomic E-state index is 0.0750. The van der Waals surface area contributed by atoms with Gasteiger partial charge in [-0.3, -0.25) is 9.59 Å². The summed E-state index contributed by atoms with van der Waals surface area (Å²) < 4.78 is 0. The molecular formula is C18H22Cl2N2O2. The first kappa shape index (κ1) is 18.8. The Morgan fingerprint density at radius 2 is 2.04 bits per heavy atom. The number of hydrogen-bond donors (Lipinski definition) is 1. The van der Waals surface area contributed by atoms with Crippen LogP contribution in [0.4, 0.5) is 5.69 Å². The minimum atomic E-state index is -0.260. The topological polar surface area (TPSA) is 49.4 Å². The normalized spacial score (nSPS) is 14.0. The highest BCUT2D eigenvalue weighted by molar-refractivity contribution is 6.44. The Hall–Kier alpha value is -1.52. The summed E-state index contributed by atoms with van der Waals surface area (Å²) in [7, 11) is 0. The van der Waals surface area contributed by atoms with Crippen molar-refractivity contribution in [1.29, 1.82) is 0 Å². The standard InChI is InChI=1S/C18H22Cl2N2O2/c1-13(23)22(16-9-5-8-15(19)18(16)20)12-17(24)21-11-10-14-6-3-2-4-7-14/h5-6,8-9H,2-4,7,10-12H2,1H3,(H,21,24). The second-order valence-electron chi connectivity index (χ2n) is 5.89. The van der Waals surface area contributed by atoms with Crippen molar-refractivity contribution in [3.8, 4) is 0 Å². The molecule has 0 aliphatic heterocycles. The second kappa shape index (κ2) is 9.09. The Morgan fingerprint density at radius 3 is 2.71 bits per heavy atom. The molecule has 0 heterocycles. The molecule has 1 aromatic rings. The van der Waals surface area contributed by atoms with Gasteiger partial charge in [-0.15, -0.1) is 0 Å². The van der Waals surface area contributed by atoms with E-state index >= 15 is 0 Å². The maximum absolute atomic E-state index is 12.2. The number of hydrogen-bond acceptors (Lipinski definition) is 2. The summed E-state index contributed by atoms with van der Waals surface area (Å²) in [5.41, 5.74) is 1.85. The van der Waals surface area contributed by atoms with Gasteiger partial charge in [0.1, 0.15) is 6.54 Å². The number of carbonyl (C=O) groups excluding carboxylic acids is 2. The van der Waals surface area contributed by atoms with Gasteiger partial charge in [-0.2, -0.15) is 0 Å². The quantitative estimate of drug-likeness (QED) is 0.758. The first-order chi connectivity index (χ1) is 11.5. The molecule has 1 N–H and O–H groups in total. The highest BCUT2D eigenvalue weighted by atomic mass is 35.5. The summed E-state index contributed by atoms with van der Waals surface area (Å²) in [5.74, 6) is -0.470. The molecule has 0 spiro atoms. The summed E-state index contributed by atoms with van der Waals surface area (Å²) in [5, 5.41) is 3.49. The summed E-state index contributed by atoms with van der Waals surface area (Å²) in [6.07, 6.45) is 7.87. The molecule has 24 heavy (non-hydrogen) atoms. The van der Waals surface area contributed by atoms with Crippen LogP contribution in [0.3, 0.4) is 0 Å². The van der Waals surface area contributed by atoms with Gasteiger partial charge in [0.15, 0.2) is 0 Å². The van der Waals surface area contributed by atoms with E-state index in [1.165, 1.54) is 30.2 Å². The number of carbonyl (C=O) groups is 2. The number of nitrogens with one attached hydrogen (secondary N) is 1. The van der Waals surface area contributed by atoms with Gasteiger partial charge in [0.25, 0.3) is 0 Å². The van der Waals surface area contributed by atoms with Gasteiger partial charge in [0.05, 0.1) is 15.7 Å². The van der Waals surface area contributed by atoms with E-state index in [9.17, 15) is 9.59 Å². The molecule has 2 rings (SSSR count). The molecule has 0 unspecified atom stereocenters. The molecule has 2 amide bonds. The minimum Gasteiger partial charge on any atom is -0.354 e. The number of amides is 2. The lowest BCUT2D eigenvalue weighted by molar-refractivity contribution is -0.123. The van der Waals surface area contributed by atoms with Gasteiger partial charge < -0.3 is 10.2 Å². The molecular weight excluding hydrogens is 347 g/mol. The van der Waals surface area contributed by atoms with Gasteiger partial charge in [0.2, 0.25) is 11.8 Å². The highest BCUT2D eigenvalue weighted by Crippen LogP contribution is 2.32. The predicted octanol–water partition coefficient (Wildman–Crippen LogP) is 4.35. The maximum Gasteiger partial charge on any atom is 0.240 e. The smallest absolute Gasteiger partial charge is 0.240 e. The Bertz CT molecular complexity index is 644. The summed E-state index contributed by atoms with van der Waals surface area (Å²) in [6.45, 7) is 1.91. The molecule has 130 valence electrons. The molecule has 4 nitrogen and oxygen atoms in total. The highest BCUT2D eigenvalue weighted by Gasteiger charge is 2.19. The van der Waals surface area contributed by atoms with Crippen molar-refractivity contribution >= 4 is 40.7 Å². The van der Waals surface area contributed by atoms with Crippen LogP contribution in [0.1, 0.15) is 39.0 Å². The van der Waals surface area contributed by atoms with Crippen molar-refractivity contribution < 1.29 is 9.59 Å². The largest absolute Gasteiger partial charge is 0.354 e. The lowest BCUT2D eigenvalue weighted by atomic mass is 9.97. The molecule has 0 fully saturated rings. The number of allylic oxidation sites excluding steroid dienone is 1. The third-order valence-electron chi connectivity index (χ3n) is 4.06. The third kappa shape index (κ3) is 5.25. The van der Waals surface area contributed by atoms with Crippen LogP contribution in [0.2, 0.25) is 10.0 Å². The number of anilines is 1. The first-order valence-electron chi connectivity index (χ1n) is 8.15. The lowest BCUT2D eigenvalue weighted by Crippen LogP contribution is -2.40. The van der Waals surface area contributed by atoms with Gasteiger partial charge in [-0.05, 0) is 44.2 Å². The van der Waals surface area contributed by atoms with Crippen LogP contribution in [0.5, 0.6) is 0 Å². The zero-order chi connectivity index (χ0) is 17.5. The van der Waals surface area contributed by atoms with E-state index < -0.39 is 0 Å². The molecule has 0 aromatic heterocycles. The molecule has 0 bridgehead atoms. The number of rotatable bonds is 6. The number of halogens is 2. The Morgan fingerprint density at radius 1 is 1.25 bits per heavy atom. The Balaban J connectivity index is 1.92. The van der Waals surface area contributed by atoms with Crippen LogP contribution in [0.25, 0.3) is 0 Å². The summed E-state index contributed by atoms with van der Waals surface area (Å²) >= 11 is 12.1. The van der Waals surface area contributed by atoms with E-state index in [0.29, 0.717) is 17.3 Å². The van der Waals surface area contributed by atoms with Crippen molar-refractivity contribution in [2.75, 3.05) is 18.0 Å². The zero-order valence-corrected chi connectivity index (χ0v) is 15.3. The molecule has 0 radical (unpaired) electrons. The van der Waals surface area contributed by atoms with Gasteiger partial charge in [-0.25, -0.2) is 0 Å². The number of nitrogens with zero attached hydrogens (tertiary/aromatic N) is 1. The monoisotopic (exact) mass is 368 g/mol. The van der Waals surface area contributed by atoms with E-state index in [1.807, 2.05) is 0 Å². The van der Waals surface area contributed by atoms with Crippen molar-refractivity contribution in [1.82, 2.24) is 5.32 Å². The van der Waals surface area contributed by atoms with E-state index in [-0.39, 0.29) is 23.4 Å². The second-order valence-corrected chi connectivity index (χ2v) is 6.67. The summed E-state index contributed by atoms with van der Waals surface area (Å²) in [6, 6.07) is 5.02. The fourth-order valence-corrected chi connectivity index (χ4v) is 3.16. The van der Waals surface area contributed by atoms with E-state index in [2.05, 4.69) is 11.4 Å². The van der Waals surface area contributed by atoms with Crippen LogP contribution < -0.4 is 10.2 Å². The maximum atomic E-state index is 12.2.